The van der Waals surface area contributed by atoms with E-state index < -0.39 is 5.92 Å². The van der Waals surface area contributed by atoms with Crippen molar-refractivity contribution in [3.63, 3.8) is 0 Å². The van der Waals surface area contributed by atoms with Crippen LogP contribution in [0.5, 0.6) is 0 Å². The van der Waals surface area contributed by atoms with Gasteiger partial charge in [0.1, 0.15) is 5.52 Å². The first-order valence-electron chi connectivity index (χ1n) is 5.43. The molecular formula is C11H16F2N6. The molecule has 1 fully saturated rings. The quantitative estimate of drug-likeness (QED) is 0.654. The van der Waals surface area contributed by atoms with Crippen LogP contribution in [0.2, 0.25) is 0 Å². The van der Waals surface area contributed by atoms with Crippen molar-refractivity contribution in [2.24, 2.45) is 5.84 Å². The third-order valence-corrected chi connectivity index (χ3v) is 2.82. The Labute approximate surface area is 109 Å². The summed E-state index contributed by atoms with van der Waals surface area (Å²) < 4.78 is 27.3. The SMILES string of the molecule is C.CN(N)c1nc(N2CC(F)(F)C2)nn2cccc12. The summed E-state index contributed by atoms with van der Waals surface area (Å²) in [5.74, 6) is 3.80. The van der Waals surface area contributed by atoms with Gasteiger partial charge < -0.3 is 4.90 Å². The van der Waals surface area contributed by atoms with Crippen LogP contribution in [0.15, 0.2) is 18.3 Å². The van der Waals surface area contributed by atoms with Crippen molar-refractivity contribution in [1.82, 2.24) is 14.6 Å². The molecule has 2 aromatic heterocycles. The average molecular weight is 270 g/mol. The van der Waals surface area contributed by atoms with Gasteiger partial charge in [-0.15, -0.1) is 5.10 Å². The lowest BCUT2D eigenvalue weighted by atomic mass is 10.2. The third kappa shape index (κ3) is 2.19. The summed E-state index contributed by atoms with van der Waals surface area (Å²) in [5, 5.41) is 5.53. The van der Waals surface area contributed by atoms with Gasteiger partial charge in [-0.3, -0.25) is 5.01 Å². The summed E-state index contributed by atoms with van der Waals surface area (Å²) in [6.07, 6.45) is 1.73. The number of nitrogens with zero attached hydrogens (tertiary/aromatic N) is 5. The largest absolute Gasteiger partial charge is 0.327 e. The molecule has 3 heterocycles. The highest BCUT2D eigenvalue weighted by atomic mass is 19.3. The van der Waals surface area contributed by atoms with Crippen molar-refractivity contribution in [2.75, 3.05) is 30.0 Å². The zero-order chi connectivity index (χ0) is 12.9. The van der Waals surface area contributed by atoms with E-state index in [0.29, 0.717) is 5.82 Å². The van der Waals surface area contributed by atoms with E-state index in [1.54, 1.807) is 23.8 Å². The van der Waals surface area contributed by atoms with Crippen molar-refractivity contribution in [1.29, 1.82) is 0 Å². The fourth-order valence-corrected chi connectivity index (χ4v) is 1.95. The molecular weight excluding hydrogens is 254 g/mol. The van der Waals surface area contributed by atoms with Gasteiger partial charge in [-0.25, -0.2) is 19.1 Å². The minimum absolute atomic E-state index is 0. The van der Waals surface area contributed by atoms with Crippen LogP contribution in [0.3, 0.4) is 0 Å². The van der Waals surface area contributed by atoms with E-state index in [0.717, 1.165) is 5.52 Å². The minimum atomic E-state index is -2.65. The number of nitrogens with two attached hydrogens (primary N) is 1. The summed E-state index contributed by atoms with van der Waals surface area (Å²) in [5.41, 5.74) is 0.732. The number of hydrogen-bond donors (Lipinski definition) is 1. The number of fused-ring (bicyclic) bond motifs is 1. The van der Waals surface area contributed by atoms with E-state index in [9.17, 15) is 8.78 Å². The smallest absolute Gasteiger partial charge is 0.282 e. The van der Waals surface area contributed by atoms with Crippen molar-refractivity contribution < 1.29 is 8.78 Å². The van der Waals surface area contributed by atoms with Gasteiger partial charge in [0.2, 0.25) is 5.95 Å². The first-order valence-corrected chi connectivity index (χ1v) is 5.43. The number of aromatic nitrogens is 3. The van der Waals surface area contributed by atoms with E-state index in [-0.39, 0.29) is 26.5 Å². The molecule has 8 heteroatoms. The Bertz CT molecular complexity index is 586. The molecule has 1 saturated heterocycles. The topological polar surface area (TPSA) is 62.7 Å². The maximum Gasteiger partial charge on any atom is 0.282 e. The Kier molecular flexibility index (Phi) is 3.05. The first kappa shape index (κ1) is 13.5. The van der Waals surface area contributed by atoms with Gasteiger partial charge in [-0.1, -0.05) is 7.43 Å². The Balaban J connectivity index is 0.00000133. The van der Waals surface area contributed by atoms with E-state index >= 15 is 0 Å². The normalized spacial score (nSPS) is 16.9. The Morgan fingerprint density at radius 1 is 1.42 bits per heavy atom. The molecule has 19 heavy (non-hydrogen) atoms. The first-order chi connectivity index (χ1) is 8.46. The molecule has 2 aromatic rings. The maximum absolute atomic E-state index is 12.8. The maximum atomic E-state index is 12.8. The van der Waals surface area contributed by atoms with Crippen LogP contribution in [-0.4, -0.2) is 40.7 Å². The lowest BCUT2D eigenvalue weighted by Crippen LogP contribution is -2.57. The second-order valence-corrected chi connectivity index (χ2v) is 4.40. The number of alkyl halides is 2. The standard InChI is InChI=1S/C10H12F2N6.CH4/c1-16(13)8-7-3-2-4-18(7)15-9(14-8)17-5-10(11,12)6-17;/h2-4H,5-6,13H2,1H3;1H4. The van der Waals surface area contributed by atoms with Gasteiger partial charge in [0.25, 0.3) is 5.92 Å². The highest BCUT2D eigenvalue weighted by molar-refractivity contribution is 5.69. The van der Waals surface area contributed by atoms with E-state index in [4.69, 9.17) is 5.84 Å². The molecule has 0 amide bonds. The molecule has 3 rings (SSSR count). The highest BCUT2D eigenvalue weighted by Crippen LogP contribution is 2.30. The van der Waals surface area contributed by atoms with Crippen LogP contribution in [0.25, 0.3) is 5.52 Å². The van der Waals surface area contributed by atoms with Crippen molar-refractivity contribution in [2.45, 2.75) is 13.3 Å². The molecule has 0 radical (unpaired) electrons. The second-order valence-electron chi connectivity index (χ2n) is 4.40. The summed E-state index contributed by atoms with van der Waals surface area (Å²) in [6, 6.07) is 3.61. The van der Waals surface area contributed by atoms with Gasteiger partial charge in [0, 0.05) is 13.2 Å². The molecule has 104 valence electrons. The highest BCUT2D eigenvalue weighted by Gasteiger charge is 2.45. The second kappa shape index (κ2) is 4.30. The fraction of sp³-hybridized carbons (Fsp3) is 0.455. The summed E-state index contributed by atoms with van der Waals surface area (Å²) >= 11 is 0. The van der Waals surface area contributed by atoms with E-state index in [2.05, 4.69) is 10.1 Å². The Morgan fingerprint density at radius 2 is 2.11 bits per heavy atom. The van der Waals surface area contributed by atoms with E-state index in [1.165, 1.54) is 9.91 Å². The van der Waals surface area contributed by atoms with Gasteiger partial charge in [-0.05, 0) is 12.1 Å². The monoisotopic (exact) mass is 270 g/mol. The lowest BCUT2D eigenvalue weighted by Gasteiger charge is -2.38. The predicted molar refractivity (Wildman–Crippen MR) is 69.5 cm³/mol. The molecule has 0 saturated carbocycles. The molecule has 0 spiro atoms. The molecule has 6 nitrogen and oxygen atoms in total. The Hall–Kier alpha value is -1.96. The van der Waals surface area contributed by atoms with Gasteiger partial charge in [-0.2, -0.15) is 4.98 Å². The summed E-state index contributed by atoms with van der Waals surface area (Å²) in [4.78, 5) is 5.64. The van der Waals surface area contributed by atoms with Crippen molar-refractivity contribution in [3.05, 3.63) is 18.3 Å². The fourth-order valence-electron chi connectivity index (χ4n) is 1.95. The molecule has 0 bridgehead atoms. The number of halogens is 2. The Morgan fingerprint density at radius 3 is 2.68 bits per heavy atom. The molecule has 0 aromatic carbocycles. The van der Waals surface area contributed by atoms with Crippen LogP contribution < -0.4 is 15.8 Å². The van der Waals surface area contributed by atoms with E-state index in [1.807, 2.05) is 6.07 Å². The molecule has 0 atom stereocenters. The predicted octanol–water partition coefficient (Wildman–Crippen LogP) is 1.13. The molecule has 0 aliphatic carbocycles. The number of hydrogen-bond acceptors (Lipinski definition) is 5. The van der Waals surface area contributed by atoms with Crippen LogP contribution in [-0.2, 0) is 0 Å². The van der Waals surface area contributed by atoms with Gasteiger partial charge >= 0.3 is 0 Å². The lowest BCUT2D eigenvalue weighted by molar-refractivity contribution is -0.0272. The molecule has 0 unspecified atom stereocenters. The van der Waals surface area contributed by atoms with Crippen LogP contribution >= 0.6 is 0 Å². The number of rotatable bonds is 2. The van der Waals surface area contributed by atoms with Gasteiger partial charge in [0.05, 0.1) is 13.1 Å². The van der Waals surface area contributed by atoms with Crippen LogP contribution in [0.4, 0.5) is 20.5 Å². The molecule has 1 aliphatic rings. The summed E-state index contributed by atoms with van der Waals surface area (Å²) in [6.45, 7) is -0.707. The molecule has 1 aliphatic heterocycles. The third-order valence-electron chi connectivity index (χ3n) is 2.82. The van der Waals surface area contributed by atoms with Crippen LogP contribution in [0.1, 0.15) is 7.43 Å². The van der Waals surface area contributed by atoms with Crippen molar-refractivity contribution >= 4 is 17.3 Å². The minimum Gasteiger partial charge on any atom is -0.327 e. The van der Waals surface area contributed by atoms with Gasteiger partial charge in [0.15, 0.2) is 5.82 Å². The zero-order valence-corrected chi connectivity index (χ0v) is 9.72. The zero-order valence-electron chi connectivity index (χ0n) is 9.72. The average Bonchev–Trinajstić information content (AvgIpc) is 2.71. The molecule has 2 N–H and O–H groups in total. The van der Waals surface area contributed by atoms with Crippen molar-refractivity contribution in [3.8, 4) is 0 Å². The number of anilines is 2. The van der Waals surface area contributed by atoms with Crippen LogP contribution in [0, 0.1) is 0 Å². The summed E-state index contributed by atoms with van der Waals surface area (Å²) in [7, 11) is 1.64. The number of hydrazine groups is 1.